The molecule has 0 bridgehead atoms. The van der Waals surface area contributed by atoms with Gasteiger partial charge in [-0.1, -0.05) is 42.5 Å². The van der Waals surface area contributed by atoms with Crippen LogP contribution >= 0.6 is 0 Å². The van der Waals surface area contributed by atoms with Gasteiger partial charge in [0, 0.05) is 25.2 Å². The zero-order chi connectivity index (χ0) is 19.5. The van der Waals surface area contributed by atoms with Crippen LogP contribution in [-0.2, 0) is 13.1 Å². The number of aryl methyl sites for hydroxylation is 1. The number of nitrogens with one attached hydrogen (secondary N) is 1. The standard InChI is InChI=1S/C23H22N2O3/c1-16-11-20-22(28-16)13-21(23(26)24-14-17-7-4-3-5-8-17)25(20)15-18-9-6-10-19(12-18)27-2/h3-13H,14-15H2,1-2H3,(H,24,26). The minimum absolute atomic E-state index is 0.129. The van der Waals surface area contributed by atoms with Gasteiger partial charge in [-0.3, -0.25) is 4.79 Å². The average Bonchev–Trinajstić information content (AvgIpc) is 3.24. The molecule has 5 nitrogen and oxygen atoms in total. The lowest BCUT2D eigenvalue weighted by atomic mass is 10.2. The Morgan fingerprint density at radius 2 is 1.82 bits per heavy atom. The van der Waals surface area contributed by atoms with E-state index < -0.39 is 0 Å². The van der Waals surface area contributed by atoms with Gasteiger partial charge >= 0.3 is 0 Å². The maximum absolute atomic E-state index is 12.9. The summed E-state index contributed by atoms with van der Waals surface area (Å²) in [6.07, 6.45) is 0. The van der Waals surface area contributed by atoms with E-state index in [-0.39, 0.29) is 5.91 Å². The molecule has 2 aromatic carbocycles. The number of methoxy groups -OCH3 is 1. The minimum atomic E-state index is -0.129. The monoisotopic (exact) mass is 374 g/mol. The summed E-state index contributed by atoms with van der Waals surface area (Å²) in [6, 6.07) is 21.5. The van der Waals surface area contributed by atoms with Crippen molar-refractivity contribution in [3.63, 3.8) is 0 Å². The predicted molar refractivity (Wildman–Crippen MR) is 109 cm³/mol. The van der Waals surface area contributed by atoms with E-state index in [4.69, 9.17) is 9.15 Å². The number of aromatic nitrogens is 1. The van der Waals surface area contributed by atoms with E-state index in [1.807, 2.05) is 78.2 Å². The van der Waals surface area contributed by atoms with Gasteiger partial charge in [0.25, 0.3) is 5.91 Å². The molecule has 0 aliphatic rings. The Hall–Kier alpha value is -3.47. The fourth-order valence-corrected chi connectivity index (χ4v) is 3.35. The SMILES string of the molecule is COc1cccc(Cn2c(C(=O)NCc3ccccc3)cc3oc(C)cc32)c1. The summed E-state index contributed by atoms with van der Waals surface area (Å²) in [5.41, 5.74) is 4.30. The lowest BCUT2D eigenvalue weighted by Gasteiger charge is -2.12. The van der Waals surface area contributed by atoms with E-state index in [1.54, 1.807) is 7.11 Å². The van der Waals surface area contributed by atoms with Crippen molar-refractivity contribution in [2.24, 2.45) is 0 Å². The molecule has 0 saturated carbocycles. The highest BCUT2D eigenvalue weighted by Crippen LogP contribution is 2.25. The number of nitrogens with zero attached hydrogens (tertiary/aromatic N) is 1. The maximum atomic E-state index is 12.9. The molecule has 142 valence electrons. The van der Waals surface area contributed by atoms with Crippen molar-refractivity contribution in [2.45, 2.75) is 20.0 Å². The first-order chi connectivity index (χ1) is 13.6. The van der Waals surface area contributed by atoms with Crippen LogP contribution in [0.1, 0.15) is 27.4 Å². The van der Waals surface area contributed by atoms with Crippen molar-refractivity contribution in [2.75, 3.05) is 7.11 Å². The molecule has 4 aromatic rings. The van der Waals surface area contributed by atoms with Crippen molar-refractivity contribution >= 4 is 17.0 Å². The Balaban J connectivity index is 1.64. The molecule has 0 spiro atoms. The van der Waals surface area contributed by atoms with Crippen LogP contribution in [0.2, 0.25) is 0 Å². The van der Waals surface area contributed by atoms with E-state index >= 15 is 0 Å². The number of fused-ring (bicyclic) bond motifs is 1. The second-order valence-electron chi connectivity index (χ2n) is 6.74. The molecule has 0 aliphatic heterocycles. The van der Waals surface area contributed by atoms with Crippen LogP contribution in [-0.4, -0.2) is 17.6 Å². The van der Waals surface area contributed by atoms with Gasteiger partial charge in [-0.2, -0.15) is 0 Å². The van der Waals surface area contributed by atoms with Crippen molar-refractivity contribution in [1.29, 1.82) is 0 Å². The molecule has 0 atom stereocenters. The highest BCUT2D eigenvalue weighted by Gasteiger charge is 2.18. The van der Waals surface area contributed by atoms with E-state index in [1.165, 1.54) is 0 Å². The number of hydrogen-bond acceptors (Lipinski definition) is 3. The first-order valence-electron chi connectivity index (χ1n) is 9.19. The number of furan rings is 1. The first-order valence-corrected chi connectivity index (χ1v) is 9.19. The van der Waals surface area contributed by atoms with Crippen LogP contribution in [0.4, 0.5) is 0 Å². The molecule has 0 radical (unpaired) electrons. The number of ether oxygens (including phenoxy) is 1. The third-order valence-electron chi connectivity index (χ3n) is 4.72. The second-order valence-corrected chi connectivity index (χ2v) is 6.74. The number of carbonyl (C=O) groups excluding carboxylic acids is 1. The molecule has 2 heterocycles. The Bertz CT molecular complexity index is 1110. The largest absolute Gasteiger partial charge is 0.497 e. The summed E-state index contributed by atoms with van der Waals surface area (Å²) in [6.45, 7) is 2.93. The highest BCUT2D eigenvalue weighted by molar-refractivity contribution is 5.97. The summed E-state index contributed by atoms with van der Waals surface area (Å²) < 4.78 is 13.1. The summed E-state index contributed by atoms with van der Waals surface area (Å²) in [4.78, 5) is 12.9. The first kappa shape index (κ1) is 17.9. The topological polar surface area (TPSA) is 56.4 Å². The molecule has 0 saturated heterocycles. The Labute approximate surface area is 163 Å². The molecule has 28 heavy (non-hydrogen) atoms. The third kappa shape index (κ3) is 3.64. The van der Waals surface area contributed by atoms with E-state index in [0.717, 1.165) is 28.2 Å². The molecule has 2 aromatic heterocycles. The quantitative estimate of drug-likeness (QED) is 0.539. The summed E-state index contributed by atoms with van der Waals surface area (Å²) in [5.74, 6) is 1.48. The Kier molecular flexibility index (Phi) is 4.89. The molecule has 1 N–H and O–H groups in total. The maximum Gasteiger partial charge on any atom is 0.268 e. The predicted octanol–water partition coefficient (Wildman–Crippen LogP) is 4.53. The molecule has 5 heteroatoms. The zero-order valence-electron chi connectivity index (χ0n) is 15.9. The van der Waals surface area contributed by atoms with E-state index in [0.29, 0.717) is 24.4 Å². The number of benzene rings is 2. The lowest BCUT2D eigenvalue weighted by Crippen LogP contribution is -2.25. The van der Waals surface area contributed by atoms with Gasteiger partial charge in [0.15, 0.2) is 5.58 Å². The van der Waals surface area contributed by atoms with Crippen molar-refractivity contribution in [1.82, 2.24) is 9.88 Å². The molecule has 0 fully saturated rings. The minimum Gasteiger partial charge on any atom is -0.497 e. The molecular formula is C23H22N2O3. The van der Waals surface area contributed by atoms with Crippen molar-refractivity contribution in [3.8, 4) is 5.75 Å². The van der Waals surface area contributed by atoms with Crippen LogP contribution in [0.3, 0.4) is 0 Å². The second kappa shape index (κ2) is 7.64. The van der Waals surface area contributed by atoms with Gasteiger partial charge in [-0.05, 0) is 30.2 Å². The van der Waals surface area contributed by atoms with Crippen LogP contribution in [0.5, 0.6) is 5.75 Å². The van der Waals surface area contributed by atoms with E-state index in [2.05, 4.69) is 5.32 Å². The van der Waals surface area contributed by atoms with Gasteiger partial charge in [-0.15, -0.1) is 0 Å². The fraction of sp³-hybridized carbons (Fsp3) is 0.174. The van der Waals surface area contributed by atoms with Crippen molar-refractivity contribution < 1.29 is 13.9 Å². The smallest absolute Gasteiger partial charge is 0.268 e. The Morgan fingerprint density at radius 3 is 2.61 bits per heavy atom. The zero-order valence-corrected chi connectivity index (χ0v) is 15.9. The van der Waals surface area contributed by atoms with Crippen molar-refractivity contribution in [3.05, 3.63) is 89.3 Å². The van der Waals surface area contributed by atoms with Gasteiger partial charge < -0.3 is 19.0 Å². The molecular weight excluding hydrogens is 352 g/mol. The van der Waals surface area contributed by atoms with Gasteiger partial charge in [0.05, 0.1) is 12.6 Å². The normalized spacial score (nSPS) is 10.9. The number of amides is 1. The van der Waals surface area contributed by atoms with Gasteiger partial charge in [-0.25, -0.2) is 0 Å². The molecule has 4 rings (SSSR count). The highest BCUT2D eigenvalue weighted by atomic mass is 16.5. The Morgan fingerprint density at radius 1 is 1.04 bits per heavy atom. The van der Waals surface area contributed by atoms with E-state index in [9.17, 15) is 4.79 Å². The van der Waals surface area contributed by atoms with Crippen LogP contribution in [0.25, 0.3) is 11.1 Å². The third-order valence-corrected chi connectivity index (χ3v) is 4.72. The summed E-state index contributed by atoms with van der Waals surface area (Å²) in [5, 5.41) is 3.00. The van der Waals surface area contributed by atoms with Gasteiger partial charge in [0.1, 0.15) is 17.2 Å². The molecule has 0 aliphatic carbocycles. The lowest BCUT2D eigenvalue weighted by molar-refractivity contribution is 0.0942. The number of hydrogen-bond donors (Lipinski definition) is 1. The number of rotatable bonds is 6. The van der Waals surface area contributed by atoms with Crippen LogP contribution < -0.4 is 10.1 Å². The molecule has 0 unspecified atom stereocenters. The van der Waals surface area contributed by atoms with Gasteiger partial charge in [0.2, 0.25) is 0 Å². The summed E-state index contributed by atoms with van der Waals surface area (Å²) in [7, 11) is 1.65. The fourth-order valence-electron chi connectivity index (χ4n) is 3.35. The average molecular weight is 374 g/mol. The summed E-state index contributed by atoms with van der Waals surface area (Å²) >= 11 is 0. The molecule has 1 amide bonds. The van der Waals surface area contributed by atoms with Crippen LogP contribution in [0, 0.1) is 6.92 Å². The van der Waals surface area contributed by atoms with Crippen LogP contribution in [0.15, 0.2) is 71.1 Å². The number of carbonyl (C=O) groups is 1.